The third kappa shape index (κ3) is 3.41. The Morgan fingerprint density at radius 3 is 2.52 bits per heavy atom. The van der Waals surface area contributed by atoms with E-state index in [4.69, 9.17) is 23.7 Å². The molecular weight excluding hydrogens is 520 g/mol. The third-order valence-corrected chi connectivity index (χ3v) is 12.4. The van der Waals surface area contributed by atoms with E-state index in [0.29, 0.717) is 18.4 Å². The van der Waals surface area contributed by atoms with E-state index in [-0.39, 0.29) is 48.0 Å². The van der Waals surface area contributed by atoms with Crippen molar-refractivity contribution in [3.63, 3.8) is 0 Å². The number of carbonyl (C=O) groups is 2. The van der Waals surface area contributed by atoms with Gasteiger partial charge in [0.15, 0.2) is 12.1 Å². The molecular formula is C30H42O10. The van der Waals surface area contributed by atoms with Crippen LogP contribution in [0.4, 0.5) is 0 Å². The molecule has 40 heavy (non-hydrogen) atoms. The van der Waals surface area contributed by atoms with Crippen molar-refractivity contribution in [2.45, 2.75) is 114 Å². The second-order valence-corrected chi connectivity index (χ2v) is 13.9. The quantitative estimate of drug-likeness (QED) is 0.339. The Hall–Kier alpha value is -1.40. The van der Waals surface area contributed by atoms with Gasteiger partial charge in [-0.2, -0.15) is 0 Å². The molecule has 4 aliphatic carbocycles. The highest BCUT2D eigenvalue weighted by molar-refractivity contribution is 5.94. The fraction of sp³-hybridized carbons (Fsp3) is 0.867. The van der Waals surface area contributed by atoms with Crippen molar-refractivity contribution in [1.82, 2.24) is 0 Å². The SMILES string of the molecule is CO[C@@H]1C[C@H](O[C@@H]2CC[C@@]3(C)[C@@H](C2)C[C@H]2O[C@H]4C[C@H](C5=CC(=O)OC5)[C@@]5(C)C(=O)[C@@H](O)[C@H]3[C@@H]2[C@]45O)O[C@H](C)[C@H]1O. The van der Waals surface area contributed by atoms with Crippen molar-refractivity contribution in [1.29, 1.82) is 0 Å². The molecule has 2 saturated heterocycles. The molecule has 3 N–H and O–H groups in total. The summed E-state index contributed by atoms with van der Waals surface area (Å²) in [4.78, 5) is 26.0. The largest absolute Gasteiger partial charge is 0.458 e. The summed E-state index contributed by atoms with van der Waals surface area (Å²) in [5.41, 5.74) is -2.34. The Kier molecular flexibility index (Phi) is 6.21. The van der Waals surface area contributed by atoms with Gasteiger partial charge in [0.2, 0.25) is 0 Å². The molecule has 3 heterocycles. The zero-order chi connectivity index (χ0) is 28.4. The first-order chi connectivity index (χ1) is 18.9. The number of aliphatic hydroxyl groups is 3. The fourth-order valence-electron chi connectivity index (χ4n) is 10.3. The molecule has 0 amide bonds. The van der Waals surface area contributed by atoms with E-state index in [0.717, 1.165) is 25.7 Å². The highest BCUT2D eigenvalue weighted by Crippen LogP contribution is 2.72. The maximum atomic E-state index is 14.2. The molecule has 7 rings (SSSR count). The molecule has 0 aromatic heterocycles. The minimum absolute atomic E-state index is 0.0681. The second kappa shape index (κ2) is 9.05. The predicted octanol–water partition coefficient (Wildman–Crippen LogP) is 1.28. The van der Waals surface area contributed by atoms with E-state index in [9.17, 15) is 24.9 Å². The molecule has 0 aromatic carbocycles. The first-order valence-corrected chi connectivity index (χ1v) is 14.9. The van der Waals surface area contributed by atoms with Crippen molar-refractivity contribution >= 4 is 11.8 Å². The first kappa shape index (κ1) is 27.4. The van der Waals surface area contributed by atoms with E-state index in [2.05, 4.69) is 6.92 Å². The van der Waals surface area contributed by atoms with Crippen molar-refractivity contribution < 1.29 is 48.6 Å². The van der Waals surface area contributed by atoms with Gasteiger partial charge in [0.05, 0.1) is 35.9 Å². The van der Waals surface area contributed by atoms with Gasteiger partial charge in [-0.05, 0) is 62.9 Å². The normalized spacial score (nSPS) is 56.9. The topological polar surface area (TPSA) is 141 Å². The van der Waals surface area contributed by atoms with Crippen LogP contribution in [0.3, 0.4) is 0 Å². The second-order valence-electron chi connectivity index (χ2n) is 13.9. The average molecular weight is 563 g/mol. The summed E-state index contributed by atoms with van der Waals surface area (Å²) in [6, 6.07) is 0. The van der Waals surface area contributed by atoms with Crippen LogP contribution in [-0.4, -0.2) is 95.4 Å². The molecule has 10 heteroatoms. The number of ketones is 1. The predicted molar refractivity (Wildman–Crippen MR) is 138 cm³/mol. The Balaban J connectivity index is 1.15. The summed E-state index contributed by atoms with van der Waals surface area (Å²) < 4.78 is 29.6. The van der Waals surface area contributed by atoms with Crippen LogP contribution < -0.4 is 0 Å². The van der Waals surface area contributed by atoms with Crippen LogP contribution in [0.1, 0.15) is 59.3 Å². The lowest BCUT2D eigenvalue weighted by molar-refractivity contribution is -0.274. The Morgan fingerprint density at radius 1 is 1.05 bits per heavy atom. The molecule has 4 saturated carbocycles. The number of Topliss-reactive ketones (excluding diaryl/α,β-unsaturated/α-hetero) is 1. The summed E-state index contributed by atoms with van der Waals surface area (Å²) in [6.07, 6.45) is 1.23. The van der Waals surface area contributed by atoms with Crippen molar-refractivity contribution in [3.05, 3.63) is 11.6 Å². The van der Waals surface area contributed by atoms with Crippen LogP contribution in [-0.2, 0) is 33.3 Å². The molecule has 0 bridgehead atoms. The number of methoxy groups -OCH3 is 1. The number of rotatable bonds is 4. The number of hydrogen-bond acceptors (Lipinski definition) is 10. The van der Waals surface area contributed by atoms with Gasteiger partial charge >= 0.3 is 5.97 Å². The van der Waals surface area contributed by atoms with Crippen LogP contribution in [0.2, 0.25) is 0 Å². The smallest absolute Gasteiger partial charge is 0.331 e. The maximum absolute atomic E-state index is 14.2. The minimum atomic E-state index is -1.42. The van der Waals surface area contributed by atoms with Crippen LogP contribution in [0.15, 0.2) is 11.6 Å². The molecule has 7 aliphatic rings. The maximum Gasteiger partial charge on any atom is 0.331 e. The van der Waals surface area contributed by atoms with Gasteiger partial charge in [-0.25, -0.2) is 4.79 Å². The highest BCUT2D eigenvalue weighted by atomic mass is 16.7. The van der Waals surface area contributed by atoms with Gasteiger partial charge in [-0.3, -0.25) is 4.79 Å². The fourth-order valence-corrected chi connectivity index (χ4v) is 10.3. The number of ether oxygens (including phenoxy) is 5. The summed E-state index contributed by atoms with van der Waals surface area (Å²) in [5.74, 6) is -1.86. The molecule has 10 nitrogen and oxygen atoms in total. The van der Waals surface area contributed by atoms with E-state index in [1.807, 2.05) is 6.92 Å². The Bertz CT molecular complexity index is 1120. The molecule has 222 valence electrons. The third-order valence-electron chi connectivity index (χ3n) is 12.4. The van der Waals surface area contributed by atoms with Crippen molar-refractivity contribution in [2.24, 2.45) is 34.5 Å². The van der Waals surface area contributed by atoms with Crippen LogP contribution >= 0.6 is 0 Å². The summed E-state index contributed by atoms with van der Waals surface area (Å²) in [5, 5.41) is 34.6. The molecule has 15 atom stereocenters. The molecule has 3 aliphatic heterocycles. The molecule has 6 fully saturated rings. The van der Waals surface area contributed by atoms with Gasteiger partial charge in [-0.1, -0.05) is 6.92 Å². The minimum Gasteiger partial charge on any atom is -0.458 e. The van der Waals surface area contributed by atoms with Crippen molar-refractivity contribution in [2.75, 3.05) is 13.7 Å². The zero-order valence-corrected chi connectivity index (χ0v) is 23.7. The molecule has 0 spiro atoms. The van der Waals surface area contributed by atoms with E-state index in [1.54, 1.807) is 14.0 Å². The van der Waals surface area contributed by atoms with Gasteiger partial charge < -0.3 is 39.0 Å². The highest BCUT2D eigenvalue weighted by Gasteiger charge is 2.81. The van der Waals surface area contributed by atoms with E-state index < -0.39 is 59.5 Å². The van der Waals surface area contributed by atoms with Crippen LogP contribution in [0.25, 0.3) is 0 Å². The van der Waals surface area contributed by atoms with Gasteiger partial charge in [0, 0.05) is 37.4 Å². The monoisotopic (exact) mass is 562 g/mol. The van der Waals surface area contributed by atoms with Gasteiger partial charge in [0.1, 0.15) is 24.4 Å². The molecule has 0 aromatic rings. The lowest BCUT2D eigenvalue weighted by Gasteiger charge is -2.63. The summed E-state index contributed by atoms with van der Waals surface area (Å²) in [7, 11) is 1.58. The number of aliphatic hydroxyl groups excluding tert-OH is 2. The number of esters is 1. The average Bonchev–Trinajstić information content (AvgIpc) is 3.53. The van der Waals surface area contributed by atoms with Gasteiger partial charge in [-0.15, -0.1) is 0 Å². The zero-order valence-electron chi connectivity index (χ0n) is 23.7. The Labute approximate surface area is 234 Å². The number of carbonyl (C=O) groups excluding carboxylic acids is 2. The lowest BCUT2D eigenvalue weighted by Crippen LogP contribution is -2.72. The summed E-state index contributed by atoms with van der Waals surface area (Å²) >= 11 is 0. The van der Waals surface area contributed by atoms with Gasteiger partial charge in [0.25, 0.3) is 0 Å². The number of hydrogen-bond donors (Lipinski definition) is 3. The van der Waals surface area contributed by atoms with E-state index in [1.165, 1.54) is 6.08 Å². The van der Waals surface area contributed by atoms with Crippen LogP contribution in [0, 0.1) is 34.5 Å². The lowest BCUT2D eigenvalue weighted by atomic mass is 9.42. The first-order valence-electron chi connectivity index (χ1n) is 14.9. The molecule has 0 radical (unpaired) electrons. The number of fused-ring (bicyclic) bond motifs is 2. The number of cyclic esters (lactones) is 1. The Morgan fingerprint density at radius 2 is 1.82 bits per heavy atom. The van der Waals surface area contributed by atoms with Crippen LogP contribution in [0.5, 0.6) is 0 Å². The summed E-state index contributed by atoms with van der Waals surface area (Å²) in [6.45, 7) is 5.86. The van der Waals surface area contributed by atoms with E-state index >= 15 is 0 Å². The molecule has 0 unspecified atom stereocenters. The standard InChI is InChI=1S/C30H42O10/c1-13-25(32)19(36-4)11-22(38-13)39-16-5-6-28(2)15(8-16)9-18-23-24(28)26(33)27(34)29(3)17(14-7-21(31)37-12-14)10-20(40-18)30(23,29)35/h7,13,15-20,22-26,32-33,35H,5-6,8-12H2,1-4H3/t13-,15+,16-,17-,18-,19-,20+,22+,23-,24-,25-,26+,28+,29+,30-/m1/s1. The van der Waals surface area contributed by atoms with Crippen molar-refractivity contribution in [3.8, 4) is 0 Å².